The summed E-state index contributed by atoms with van der Waals surface area (Å²) in [5.41, 5.74) is 1.25. The average molecular weight is 277 g/mol. The topological polar surface area (TPSA) is 49.8 Å². The van der Waals surface area contributed by atoms with Crippen molar-refractivity contribution in [2.75, 3.05) is 19.7 Å². The third kappa shape index (κ3) is 3.73. The van der Waals surface area contributed by atoms with Crippen LogP contribution in [-0.4, -0.2) is 41.7 Å². The molecular formula is C16H23NO3. The van der Waals surface area contributed by atoms with Gasteiger partial charge in [0.05, 0.1) is 6.10 Å². The van der Waals surface area contributed by atoms with E-state index in [0.29, 0.717) is 13.1 Å². The number of hydrogen-bond acceptors (Lipinski definition) is 3. The first-order valence-electron chi connectivity index (χ1n) is 7.27. The summed E-state index contributed by atoms with van der Waals surface area (Å²) < 4.78 is 5.52. The number of ether oxygens (including phenoxy) is 1. The van der Waals surface area contributed by atoms with Gasteiger partial charge in [0.25, 0.3) is 5.91 Å². The molecule has 1 saturated heterocycles. The lowest BCUT2D eigenvalue weighted by Gasteiger charge is -2.18. The van der Waals surface area contributed by atoms with Crippen molar-refractivity contribution >= 4 is 5.91 Å². The van der Waals surface area contributed by atoms with Gasteiger partial charge in [-0.05, 0) is 37.5 Å². The maximum Gasteiger partial charge on any atom is 0.260 e. The van der Waals surface area contributed by atoms with Gasteiger partial charge in [-0.15, -0.1) is 0 Å². The van der Waals surface area contributed by atoms with Crippen LogP contribution >= 0.6 is 0 Å². The van der Waals surface area contributed by atoms with Crippen molar-refractivity contribution in [3.63, 3.8) is 0 Å². The molecule has 4 heteroatoms. The molecule has 0 saturated carbocycles. The van der Waals surface area contributed by atoms with Crippen LogP contribution in [0.4, 0.5) is 0 Å². The maximum absolute atomic E-state index is 12.0. The zero-order valence-electron chi connectivity index (χ0n) is 12.2. The Kier molecular flexibility index (Phi) is 5.01. The average Bonchev–Trinajstić information content (AvgIpc) is 2.95. The molecule has 1 fully saturated rings. The van der Waals surface area contributed by atoms with E-state index in [1.54, 1.807) is 11.8 Å². The minimum atomic E-state index is -0.352. The standard InChI is InChI=1S/C16H23NO3/c1-3-13-4-6-15(7-5-13)20-11-16(19)17-9-8-14(10-17)12(2)18/h4-7,12,14,18H,3,8-11H2,1-2H3. The summed E-state index contributed by atoms with van der Waals surface area (Å²) in [6.07, 6.45) is 1.51. The second-order valence-electron chi connectivity index (χ2n) is 5.42. The van der Waals surface area contributed by atoms with Crippen LogP contribution in [0.15, 0.2) is 24.3 Å². The molecule has 0 aromatic heterocycles. The van der Waals surface area contributed by atoms with Crippen LogP contribution in [0.5, 0.6) is 5.75 Å². The highest BCUT2D eigenvalue weighted by atomic mass is 16.5. The predicted octanol–water partition coefficient (Wildman–Crippen LogP) is 1.86. The van der Waals surface area contributed by atoms with Gasteiger partial charge >= 0.3 is 0 Å². The van der Waals surface area contributed by atoms with Crippen molar-refractivity contribution in [1.82, 2.24) is 4.90 Å². The Bertz CT molecular complexity index is 442. The zero-order chi connectivity index (χ0) is 14.5. The largest absolute Gasteiger partial charge is 0.484 e. The van der Waals surface area contributed by atoms with Gasteiger partial charge in [0.2, 0.25) is 0 Å². The SMILES string of the molecule is CCc1ccc(OCC(=O)N2CCC(C(C)O)C2)cc1. The fourth-order valence-electron chi connectivity index (χ4n) is 2.47. The molecule has 0 aliphatic carbocycles. The Morgan fingerprint density at radius 3 is 2.70 bits per heavy atom. The molecule has 1 aliphatic rings. The third-order valence-corrected chi connectivity index (χ3v) is 3.95. The summed E-state index contributed by atoms with van der Waals surface area (Å²) >= 11 is 0. The number of aliphatic hydroxyl groups excluding tert-OH is 1. The molecule has 4 nitrogen and oxygen atoms in total. The highest BCUT2D eigenvalue weighted by Gasteiger charge is 2.29. The molecular weight excluding hydrogens is 254 g/mol. The molecule has 1 amide bonds. The van der Waals surface area contributed by atoms with E-state index in [0.717, 1.165) is 18.6 Å². The van der Waals surface area contributed by atoms with Crippen LogP contribution in [0.2, 0.25) is 0 Å². The molecule has 1 aliphatic heterocycles. The van der Waals surface area contributed by atoms with E-state index in [-0.39, 0.29) is 24.5 Å². The van der Waals surface area contributed by atoms with Crippen LogP contribution in [0.1, 0.15) is 25.8 Å². The number of aliphatic hydroxyl groups is 1. The van der Waals surface area contributed by atoms with Gasteiger partial charge in [-0.25, -0.2) is 0 Å². The van der Waals surface area contributed by atoms with Crippen LogP contribution in [0.3, 0.4) is 0 Å². The highest BCUT2D eigenvalue weighted by molar-refractivity contribution is 5.78. The Morgan fingerprint density at radius 2 is 2.15 bits per heavy atom. The van der Waals surface area contributed by atoms with E-state index in [1.807, 2.05) is 24.3 Å². The van der Waals surface area contributed by atoms with E-state index < -0.39 is 0 Å². The normalized spacial score (nSPS) is 19.9. The van der Waals surface area contributed by atoms with Gasteiger partial charge in [-0.1, -0.05) is 19.1 Å². The molecule has 2 rings (SSSR count). The Labute approximate surface area is 120 Å². The predicted molar refractivity (Wildman–Crippen MR) is 77.7 cm³/mol. The number of rotatable bonds is 5. The van der Waals surface area contributed by atoms with E-state index in [4.69, 9.17) is 4.74 Å². The van der Waals surface area contributed by atoms with Gasteiger partial charge < -0.3 is 14.7 Å². The van der Waals surface area contributed by atoms with Gasteiger partial charge in [-0.2, -0.15) is 0 Å². The van der Waals surface area contributed by atoms with Crippen molar-refractivity contribution in [3.05, 3.63) is 29.8 Å². The molecule has 20 heavy (non-hydrogen) atoms. The number of nitrogens with zero attached hydrogens (tertiary/aromatic N) is 1. The van der Waals surface area contributed by atoms with Gasteiger partial charge in [0.15, 0.2) is 6.61 Å². The third-order valence-electron chi connectivity index (χ3n) is 3.95. The summed E-state index contributed by atoms with van der Waals surface area (Å²) in [6.45, 7) is 5.30. The van der Waals surface area contributed by atoms with Crippen LogP contribution in [0, 0.1) is 5.92 Å². The summed E-state index contributed by atoms with van der Waals surface area (Å²) in [5.74, 6) is 0.914. The molecule has 2 atom stereocenters. The first-order chi connectivity index (χ1) is 9.60. The first-order valence-corrected chi connectivity index (χ1v) is 7.27. The summed E-state index contributed by atoms with van der Waals surface area (Å²) in [5, 5.41) is 9.54. The number of carbonyl (C=O) groups excluding carboxylic acids is 1. The summed E-state index contributed by atoms with van der Waals surface area (Å²) in [6, 6.07) is 7.82. The fraction of sp³-hybridized carbons (Fsp3) is 0.562. The second-order valence-corrected chi connectivity index (χ2v) is 5.42. The molecule has 0 bridgehead atoms. The molecule has 1 N–H and O–H groups in total. The smallest absolute Gasteiger partial charge is 0.260 e. The van der Waals surface area contributed by atoms with Gasteiger partial charge in [0, 0.05) is 19.0 Å². The molecule has 1 aromatic rings. The van der Waals surface area contributed by atoms with Gasteiger partial charge in [0.1, 0.15) is 5.75 Å². The van der Waals surface area contributed by atoms with Crippen molar-refractivity contribution in [3.8, 4) is 5.75 Å². The minimum absolute atomic E-state index is 0.00674. The monoisotopic (exact) mass is 277 g/mol. The summed E-state index contributed by atoms with van der Waals surface area (Å²) in [4.78, 5) is 13.8. The Hall–Kier alpha value is -1.55. The zero-order valence-corrected chi connectivity index (χ0v) is 12.2. The lowest BCUT2D eigenvalue weighted by Crippen LogP contribution is -2.34. The Morgan fingerprint density at radius 1 is 1.45 bits per heavy atom. The number of carbonyl (C=O) groups is 1. The molecule has 0 spiro atoms. The minimum Gasteiger partial charge on any atom is -0.484 e. The highest BCUT2D eigenvalue weighted by Crippen LogP contribution is 2.20. The molecule has 2 unspecified atom stereocenters. The molecule has 1 aromatic carbocycles. The van der Waals surface area contributed by atoms with E-state index in [1.165, 1.54) is 5.56 Å². The van der Waals surface area contributed by atoms with E-state index in [9.17, 15) is 9.90 Å². The number of hydrogen-bond donors (Lipinski definition) is 1. The number of amides is 1. The quantitative estimate of drug-likeness (QED) is 0.893. The molecule has 0 radical (unpaired) electrons. The Balaban J connectivity index is 1.80. The lowest BCUT2D eigenvalue weighted by atomic mass is 10.0. The van der Waals surface area contributed by atoms with Gasteiger partial charge in [-0.3, -0.25) is 4.79 Å². The van der Waals surface area contributed by atoms with Crippen LogP contribution in [-0.2, 0) is 11.2 Å². The molecule has 1 heterocycles. The number of likely N-dealkylation sites (tertiary alicyclic amines) is 1. The van der Waals surface area contributed by atoms with Crippen LogP contribution < -0.4 is 4.74 Å². The van der Waals surface area contributed by atoms with Crippen molar-refractivity contribution in [1.29, 1.82) is 0 Å². The number of aryl methyl sites for hydroxylation is 1. The van der Waals surface area contributed by atoms with E-state index >= 15 is 0 Å². The van der Waals surface area contributed by atoms with Crippen molar-refractivity contribution in [2.45, 2.75) is 32.8 Å². The maximum atomic E-state index is 12.0. The number of benzene rings is 1. The second kappa shape index (κ2) is 6.75. The van der Waals surface area contributed by atoms with Crippen molar-refractivity contribution in [2.24, 2.45) is 5.92 Å². The summed E-state index contributed by atoms with van der Waals surface area (Å²) in [7, 11) is 0. The lowest BCUT2D eigenvalue weighted by molar-refractivity contribution is -0.132. The fourth-order valence-corrected chi connectivity index (χ4v) is 2.47. The van der Waals surface area contributed by atoms with Crippen molar-refractivity contribution < 1.29 is 14.6 Å². The van der Waals surface area contributed by atoms with E-state index in [2.05, 4.69) is 6.92 Å². The first kappa shape index (κ1) is 14.9. The van der Waals surface area contributed by atoms with Crippen LogP contribution in [0.25, 0.3) is 0 Å². The molecule has 110 valence electrons.